The number of alkyl halides is 2. The highest BCUT2D eigenvalue weighted by atomic mass is 19.3. The summed E-state index contributed by atoms with van der Waals surface area (Å²) in [5.41, 5.74) is -2.57. The number of fused-ring (bicyclic) bond motifs is 2. The second kappa shape index (κ2) is 8.95. The molecule has 0 saturated carbocycles. The SMILES string of the molecule is CC[C@@]1(OC)C(=O)N(C)c2cc3c(NC(C)c4cccc(C(F)(F)C(C)(C)O)c4F)nc(C)nc3cc21. The molecule has 0 saturated heterocycles. The number of nitrogens with zero attached hydrogens (tertiary/aromatic N) is 3. The van der Waals surface area contributed by atoms with Crippen LogP contribution in [0.1, 0.15) is 62.7 Å². The molecule has 3 aromatic rings. The Labute approximate surface area is 213 Å². The number of hydrogen-bond acceptors (Lipinski definition) is 6. The molecule has 1 unspecified atom stereocenters. The van der Waals surface area contributed by atoms with Crippen LogP contribution in [0.25, 0.3) is 10.9 Å². The number of carbonyl (C=O) groups is 1. The summed E-state index contributed by atoms with van der Waals surface area (Å²) < 4.78 is 50.7. The summed E-state index contributed by atoms with van der Waals surface area (Å²) in [7, 11) is 3.16. The minimum atomic E-state index is -3.81. The van der Waals surface area contributed by atoms with Crippen LogP contribution in [0.4, 0.5) is 24.7 Å². The van der Waals surface area contributed by atoms with E-state index < -0.39 is 34.5 Å². The van der Waals surface area contributed by atoms with Gasteiger partial charge in [-0.15, -0.1) is 0 Å². The van der Waals surface area contributed by atoms with Crippen LogP contribution in [0, 0.1) is 12.7 Å². The predicted molar refractivity (Wildman–Crippen MR) is 135 cm³/mol. The molecule has 0 aliphatic carbocycles. The van der Waals surface area contributed by atoms with E-state index in [1.54, 1.807) is 33.0 Å². The first kappa shape index (κ1) is 26.8. The summed E-state index contributed by atoms with van der Waals surface area (Å²) in [5.74, 6) is -4.31. The van der Waals surface area contributed by atoms with Crippen LogP contribution in [-0.2, 0) is 21.1 Å². The number of benzene rings is 2. The van der Waals surface area contributed by atoms with Gasteiger partial charge < -0.3 is 20.1 Å². The van der Waals surface area contributed by atoms with E-state index in [0.717, 1.165) is 19.9 Å². The summed E-state index contributed by atoms with van der Waals surface area (Å²) in [6, 6.07) is 6.52. The summed E-state index contributed by atoms with van der Waals surface area (Å²) in [6.07, 6.45) is 0.433. The Balaban J connectivity index is 1.81. The fourth-order valence-electron chi connectivity index (χ4n) is 4.91. The molecule has 0 spiro atoms. The molecule has 2 N–H and O–H groups in total. The number of methoxy groups -OCH3 is 1. The lowest BCUT2D eigenvalue weighted by Gasteiger charge is -2.30. The number of halogens is 3. The van der Waals surface area contributed by atoms with Gasteiger partial charge in [0.1, 0.15) is 23.1 Å². The van der Waals surface area contributed by atoms with Gasteiger partial charge in [0.2, 0.25) is 0 Å². The Morgan fingerprint density at radius 2 is 1.92 bits per heavy atom. The fraction of sp³-hybridized carbons (Fsp3) is 0.444. The van der Waals surface area contributed by atoms with Gasteiger partial charge in [-0.3, -0.25) is 4.79 Å². The van der Waals surface area contributed by atoms with E-state index in [4.69, 9.17) is 4.74 Å². The highest BCUT2D eigenvalue weighted by molar-refractivity contribution is 6.09. The first-order valence-corrected chi connectivity index (χ1v) is 12.0. The number of aliphatic hydroxyl groups is 1. The molecule has 0 bridgehead atoms. The molecule has 7 nitrogen and oxygen atoms in total. The van der Waals surface area contributed by atoms with Crippen LogP contribution < -0.4 is 10.2 Å². The third kappa shape index (κ3) is 4.02. The summed E-state index contributed by atoms with van der Waals surface area (Å²) in [6.45, 7) is 7.08. The lowest BCUT2D eigenvalue weighted by Crippen LogP contribution is -2.41. The van der Waals surface area contributed by atoms with Gasteiger partial charge in [0.15, 0.2) is 5.60 Å². The molecule has 2 heterocycles. The van der Waals surface area contributed by atoms with E-state index in [0.29, 0.717) is 40.2 Å². The standard InChI is InChI=1S/C27H31F3N4O3/c1-8-26(37-7)19-13-20-17(12-21(19)34(6)24(26)35)23(33-15(3)32-20)31-14(2)16-10-9-11-18(22(16)28)27(29,30)25(4,5)36/h9-14,36H,8H2,1-7H3,(H,31,32,33)/t14?,26-/m0/s1. The van der Waals surface area contributed by atoms with Gasteiger partial charge in [-0.25, -0.2) is 14.4 Å². The number of anilines is 2. The highest BCUT2D eigenvalue weighted by Crippen LogP contribution is 2.46. The second-order valence-corrected chi connectivity index (χ2v) is 9.96. The molecule has 1 aliphatic rings. The molecule has 0 radical (unpaired) electrons. The van der Waals surface area contributed by atoms with E-state index in [1.807, 2.05) is 6.92 Å². The zero-order valence-corrected chi connectivity index (χ0v) is 21.9. The van der Waals surface area contributed by atoms with Crippen LogP contribution in [0.3, 0.4) is 0 Å². The van der Waals surface area contributed by atoms with Crippen molar-refractivity contribution in [3.8, 4) is 0 Å². The van der Waals surface area contributed by atoms with Crippen LogP contribution in [0.5, 0.6) is 0 Å². The van der Waals surface area contributed by atoms with E-state index in [-0.39, 0.29) is 11.5 Å². The van der Waals surface area contributed by atoms with Crippen LogP contribution in [0.2, 0.25) is 0 Å². The number of aromatic nitrogens is 2. The average Bonchev–Trinajstić information content (AvgIpc) is 3.03. The van der Waals surface area contributed by atoms with Crippen molar-refractivity contribution in [1.82, 2.24) is 9.97 Å². The Bertz CT molecular complexity index is 1380. The number of ether oxygens (including phenoxy) is 1. The van der Waals surface area contributed by atoms with Gasteiger partial charge in [-0.1, -0.05) is 19.1 Å². The molecule has 37 heavy (non-hydrogen) atoms. The molecule has 2 aromatic carbocycles. The molecule has 198 valence electrons. The fourth-order valence-corrected chi connectivity index (χ4v) is 4.91. The number of rotatable bonds is 7. The summed E-state index contributed by atoms with van der Waals surface area (Å²) in [5, 5.41) is 13.7. The summed E-state index contributed by atoms with van der Waals surface area (Å²) in [4.78, 5) is 23.6. The van der Waals surface area contributed by atoms with Crippen molar-refractivity contribution >= 4 is 28.3 Å². The third-order valence-corrected chi connectivity index (χ3v) is 7.17. The zero-order valence-electron chi connectivity index (χ0n) is 21.9. The lowest BCUT2D eigenvalue weighted by atomic mass is 9.90. The third-order valence-electron chi connectivity index (χ3n) is 7.17. The Hall–Kier alpha value is -3.24. The van der Waals surface area contributed by atoms with Gasteiger partial charge in [0.25, 0.3) is 5.91 Å². The summed E-state index contributed by atoms with van der Waals surface area (Å²) >= 11 is 0. The maximum Gasteiger partial charge on any atom is 0.303 e. The number of aryl methyl sites for hydroxylation is 1. The molecule has 1 amide bonds. The lowest BCUT2D eigenvalue weighted by molar-refractivity contribution is -0.170. The molecule has 1 aliphatic heterocycles. The number of likely N-dealkylation sites (N-methyl/N-ethyl adjacent to an activating group) is 1. The number of amides is 1. The van der Waals surface area contributed by atoms with Gasteiger partial charge in [0.05, 0.1) is 22.8 Å². The topological polar surface area (TPSA) is 87.6 Å². The number of nitrogens with one attached hydrogen (secondary N) is 1. The van der Waals surface area contributed by atoms with Crippen molar-refractivity contribution in [2.75, 3.05) is 24.4 Å². The normalized spacial score (nSPS) is 18.9. The molecule has 1 aromatic heterocycles. The predicted octanol–water partition coefficient (Wildman–Crippen LogP) is 5.34. The van der Waals surface area contributed by atoms with E-state index in [9.17, 15) is 18.7 Å². The smallest absolute Gasteiger partial charge is 0.303 e. The minimum absolute atomic E-state index is 0.0105. The first-order chi connectivity index (χ1) is 17.2. The van der Waals surface area contributed by atoms with E-state index in [1.165, 1.54) is 24.1 Å². The Morgan fingerprint density at radius 1 is 1.24 bits per heavy atom. The molecule has 10 heteroatoms. The van der Waals surface area contributed by atoms with Gasteiger partial charge in [0, 0.05) is 30.7 Å². The Morgan fingerprint density at radius 3 is 2.51 bits per heavy atom. The quantitative estimate of drug-likeness (QED) is 0.441. The highest BCUT2D eigenvalue weighted by Gasteiger charge is 2.50. The first-order valence-electron chi connectivity index (χ1n) is 12.0. The molecular formula is C27H31F3N4O3. The number of carbonyl (C=O) groups excluding carboxylic acids is 1. The molecule has 4 rings (SSSR count). The van der Waals surface area contributed by atoms with Crippen molar-refractivity contribution in [3.63, 3.8) is 0 Å². The van der Waals surface area contributed by atoms with Crippen LogP contribution in [-0.4, -0.2) is 40.7 Å². The molecule has 0 fully saturated rings. The van der Waals surface area contributed by atoms with Gasteiger partial charge >= 0.3 is 5.92 Å². The molecule has 2 atom stereocenters. The second-order valence-electron chi connectivity index (χ2n) is 9.96. The number of hydrogen-bond donors (Lipinski definition) is 2. The minimum Gasteiger partial charge on any atom is -0.384 e. The maximum atomic E-state index is 15.4. The van der Waals surface area contributed by atoms with Gasteiger partial charge in [-0.2, -0.15) is 8.78 Å². The zero-order chi connectivity index (χ0) is 27.5. The van der Waals surface area contributed by atoms with Crippen molar-refractivity contribution in [2.45, 2.75) is 64.2 Å². The van der Waals surface area contributed by atoms with Crippen molar-refractivity contribution in [3.05, 3.63) is 58.7 Å². The van der Waals surface area contributed by atoms with Gasteiger partial charge in [-0.05, 0) is 52.3 Å². The largest absolute Gasteiger partial charge is 0.384 e. The van der Waals surface area contributed by atoms with Crippen LogP contribution in [0.15, 0.2) is 30.3 Å². The Kier molecular flexibility index (Phi) is 6.49. The van der Waals surface area contributed by atoms with Crippen molar-refractivity contribution in [2.24, 2.45) is 0 Å². The van der Waals surface area contributed by atoms with E-state index >= 15 is 4.39 Å². The van der Waals surface area contributed by atoms with Crippen molar-refractivity contribution < 1.29 is 27.8 Å². The monoisotopic (exact) mass is 516 g/mol. The van der Waals surface area contributed by atoms with Crippen molar-refractivity contribution in [1.29, 1.82) is 0 Å². The average molecular weight is 517 g/mol. The maximum absolute atomic E-state index is 15.4. The molecular weight excluding hydrogens is 485 g/mol. The van der Waals surface area contributed by atoms with Crippen LogP contribution >= 0.6 is 0 Å². The van der Waals surface area contributed by atoms with E-state index in [2.05, 4.69) is 15.3 Å².